The van der Waals surface area contributed by atoms with E-state index in [1.165, 1.54) is 5.56 Å². The van der Waals surface area contributed by atoms with E-state index in [1.807, 2.05) is 105 Å². The summed E-state index contributed by atoms with van der Waals surface area (Å²) in [5, 5.41) is 44.1. The minimum absolute atomic E-state index is 0.0436. The van der Waals surface area contributed by atoms with E-state index >= 15 is 0 Å². The van der Waals surface area contributed by atoms with Crippen LogP contribution in [0.4, 0.5) is 34.1 Å². The van der Waals surface area contributed by atoms with E-state index in [4.69, 9.17) is 8.83 Å². The molecule has 0 bridgehead atoms. The molecule has 2 aromatic heterocycles. The summed E-state index contributed by atoms with van der Waals surface area (Å²) in [5.74, 6) is 0. The topological polar surface area (TPSA) is 114 Å². The molecule has 0 fully saturated rings. The Kier molecular flexibility index (Phi) is 13.0. The van der Waals surface area contributed by atoms with Crippen LogP contribution < -0.4 is 20.7 Å². The summed E-state index contributed by atoms with van der Waals surface area (Å²) in [6.45, 7) is 12.8. The Morgan fingerprint density at radius 3 is 1.04 bits per heavy atom. The molecule has 2 heterocycles. The minimum Gasteiger partial charge on any atom is -0.454 e. The number of fused-ring (bicyclic) bond motifs is 6. The van der Waals surface area contributed by atoms with E-state index in [9.17, 15) is 20.1 Å². The molecular weight excluding hydrogens is 978 g/mol. The van der Waals surface area contributed by atoms with Crippen molar-refractivity contribution in [2.45, 2.75) is 52.4 Å². The third-order valence-corrected chi connectivity index (χ3v) is 13.5. The first-order chi connectivity index (χ1) is 32.5. The SMILES string of the molecule is CC(C)(C)c1ccc(B(O)O)c2c1oc1c(N(c3ccccc3)c3ccccc3)ccc(B(O)O)c12.CC(C)(C)c1ccc(Br)c2c1oc1c(N(c3ccccc3)c3ccccc3)ccc(Br)c12. The van der Waals surface area contributed by atoms with Crippen LogP contribution in [0.2, 0.25) is 0 Å². The number of para-hydroxylation sites is 4. The second-order valence-electron chi connectivity index (χ2n) is 18.8. The van der Waals surface area contributed by atoms with Gasteiger partial charge in [-0.15, -0.1) is 0 Å². The fourth-order valence-electron chi connectivity index (χ4n) is 9.02. The monoisotopic (exact) mass is 1030 g/mol. The summed E-state index contributed by atoms with van der Waals surface area (Å²) in [6, 6.07) is 55.9. The van der Waals surface area contributed by atoms with Crippen molar-refractivity contribution in [1.29, 1.82) is 0 Å². The van der Waals surface area contributed by atoms with Crippen LogP contribution >= 0.6 is 31.9 Å². The average molecular weight is 1030 g/mol. The van der Waals surface area contributed by atoms with Gasteiger partial charge in [0.05, 0.1) is 11.4 Å². The van der Waals surface area contributed by atoms with E-state index < -0.39 is 14.2 Å². The van der Waals surface area contributed by atoms with E-state index in [1.54, 1.807) is 18.2 Å². The Bertz CT molecular complexity index is 3330. The van der Waals surface area contributed by atoms with E-state index in [-0.39, 0.29) is 21.8 Å². The highest BCUT2D eigenvalue weighted by Gasteiger charge is 2.32. The van der Waals surface area contributed by atoms with E-state index in [2.05, 4.69) is 130 Å². The standard InChI is InChI=1S/C28H27B2NO5.C28H23Br2NO/c1-28(2,3)20-14-15-21(29(32)33)24-25-22(30(34)35)16-17-23(27(25)36-26(20)24)31(18-10-6-4-7-11-18)19-12-8-5-9-13-19;1-28(2,3)20-14-15-21(29)24-25-22(30)16-17-23(27(25)32-26(20)24)31(18-10-6-4-7-11-18)19-12-8-5-9-13-19/h4-17,32-35H,1-3H3;4-17H,1-3H3. The molecule has 68 heavy (non-hydrogen) atoms. The molecule has 0 atom stereocenters. The molecule has 0 unspecified atom stereocenters. The predicted molar refractivity (Wildman–Crippen MR) is 289 cm³/mol. The van der Waals surface area contributed by atoms with Crippen LogP contribution in [0.1, 0.15) is 52.7 Å². The highest BCUT2D eigenvalue weighted by atomic mass is 79.9. The smallest absolute Gasteiger partial charge is 0.454 e. The third kappa shape index (κ3) is 8.77. The van der Waals surface area contributed by atoms with Crippen LogP contribution in [-0.2, 0) is 10.8 Å². The zero-order valence-electron chi connectivity index (χ0n) is 38.6. The van der Waals surface area contributed by atoms with Gasteiger partial charge in [0.15, 0.2) is 11.2 Å². The highest BCUT2D eigenvalue weighted by molar-refractivity contribution is 9.11. The van der Waals surface area contributed by atoms with Crippen LogP contribution in [0.25, 0.3) is 43.9 Å². The molecule has 0 saturated carbocycles. The van der Waals surface area contributed by atoms with Crippen LogP contribution in [0.3, 0.4) is 0 Å². The van der Waals surface area contributed by atoms with Crippen molar-refractivity contribution in [3.8, 4) is 0 Å². The normalized spacial score (nSPS) is 11.8. The zero-order chi connectivity index (χ0) is 48.1. The van der Waals surface area contributed by atoms with Crippen molar-refractivity contribution in [3.63, 3.8) is 0 Å². The Balaban J connectivity index is 0.000000171. The van der Waals surface area contributed by atoms with Gasteiger partial charge in [-0.2, -0.15) is 0 Å². The van der Waals surface area contributed by atoms with Crippen LogP contribution in [-0.4, -0.2) is 34.3 Å². The summed E-state index contributed by atoms with van der Waals surface area (Å²) in [5.41, 5.74) is 10.5. The zero-order valence-corrected chi connectivity index (χ0v) is 41.7. The quantitative estimate of drug-likeness (QED) is 0.111. The number of anilines is 6. The molecule has 4 N–H and O–H groups in total. The lowest BCUT2D eigenvalue weighted by Crippen LogP contribution is -2.34. The predicted octanol–water partition coefficient (Wildman–Crippen LogP) is 13.6. The van der Waals surface area contributed by atoms with Crippen molar-refractivity contribution in [1.82, 2.24) is 0 Å². The van der Waals surface area contributed by atoms with E-state index in [0.29, 0.717) is 27.6 Å². The number of nitrogens with zero attached hydrogens (tertiary/aromatic N) is 2. The Labute approximate surface area is 413 Å². The lowest BCUT2D eigenvalue weighted by Gasteiger charge is -2.25. The fourth-order valence-corrected chi connectivity index (χ4v) is 10.0. The maximum Gasteiger partial charge on any atom is 0.489 e. The molecule has 0 radical (unpaired) electrons. The largest absolute Gasteiger partial charge is 0.489 e. The van der Waals surface area contributed by atoms with Crippen molar-refractivity contribution in [2.24, 2.45) is 0 Å². The number of rotatable bonds is 8. The summed E-state index contributed by atoms with van der Waals surface area (Å²) < 4.78 is 15.3. The molecule has 0 aliphatic rings. The van der Waals surface area contributed by atoms with Crippen molar-refractivity contribution < 1.29 is 28.9 Å². The molecule has 8 nitrogen and oxygen atoms in total. The molecule has 8 aromatic carbocycles. The molecule has 10 rings (SSSR count). The molecule has 0 aliphatic heterocycles. The van der Waals surface area contributed by atoms with Gasteiger partial charge in [-0.05, 0) is 94.6 Å². The van der Waals surface area contributed by atoms with Gasteiger partial charge in [0.2, 0.25) is 0 Å². The summed E-state index contributed by atoms with van der Waals surface area (Å²) in [4.78, 5) is 4.28. The molecular formula is C56H50B2Br2N2O6. The summed E-state index contributed by atoms with van der Waals surface area (Å²) >= 11 is 7.59. The average Bonchev–Trinajstić information content (AvgIpc) is 3.93. The lowest BCUT2D eigenvalue weighted by molar-refractivity contribution is 0.424. The number of hydrogen-bond donors (Lipinski definition) is 4. The van der Waals surface area contributed by atoms with Gasteiger partial charge in [0.1, 0.15) is 11.2 Å². The molecule has 0 amide bonds. The first-order valence-corrected chi connectivity index (χ1v) is 24.0. The Morgan fingerprint density at radius 2 is 0.662 bits per heavy atom. The van der Waals surface area contributed by atoms with Crippen molar-refractivity contribution in [3.05, 3.63) is 190 Å². The van der Waals surface area contributed by atoms with E-state index in [0.717, 1.165) is 64.9 Å². The number of hydrogen-bond acceptors (Lipinski definition) is 8. The van der Waals surface area contributed by atoms with Crippen LogP contribution in [0.5, 0.6) is 0 Å². The fraction of sp³-hybridized carbons (Fsp3) is 0.143. The summed E-state index contributed by atoms with van der Waals surface area (Å²) in [7, 11) is -3.56. The van der Waals surface area contributed by atoms with Gasteiger partial charge in [0, 0.05) is 64.4 Å². The maximum absolute atomic E-state index is 10.3. The van der Waals surface area contributed by atoms with Crippen LogP contribution in [0.15, 0.2) is 188 Å². The number of furan rings is 2. The number of halogens is 2. The molecule has 0 aliphatic carbocycles. The highest BCUT2D eigenvalue weighted by Crippen LogP contribution is 2.48. The van der Waals surface area contributed by atoms with Crippen molar-refractivity contribution >= 4 is 135 Å². The molecule has 12 heteroatoms. The van der Waals surface area contributed by atoms with Gasteiger partial charge < -0.3 is 38.7 Å². The maximum atomic E-state index is 10.3. The van der Waals surface area contributed by atoms with Gasteiger partial charge >= 0.3 is 14.2 Å². The summed E-state index contributed by atoms with van der Waals surface area (Å²) in [6.07, 6.45) is 0. The first kappa shape index (κ1) is 47.0. The lowest BCUT2D eigenvalue weighted by atomic mass is 9.71. The molecule has 0 spiro atoms. The third-order valence-electron chi connectivity index (χ3n) is 12.2. The van der Waals surface area contributed by atoms with Gasteiger partial charge in [-0.3, -0.25) is 0 Å². The second kappa shape index (κ2) is 18.8. The first-order valence-electron chi connectivity index (χ1n) is 22.4. The number of benzene rings is 8. The second-order valence-corrected chi connectivity index (χ2v) is 20.5. The minimum atomic E-state index is -1.79. The van der Waals surface area contributed by atoms with Crippen LogP contribution in [0, 0.1) is 0 Å². The van der Waals surface area contributed by atoms with Gasteiger partial charge in [-0.1, -0.05) is 170 Å². The molecule has 340 valence electrons. The Hall–Kier alpha value is -6.11. The molecule has 0 saturated heterocycles. The Morgan fingerprint density at radius 1 is 0.368 bits per heavy atom. The molecule has 10 aromatic rings. The van der Waals surface area contributed by atoms with Crippen molar-refractivity contribution in [2.75, 3.05) is 9.80 Å². The van der Waals surface area contributed by atoms with Gasteiger partial charge in [-0.25, -0.2) is 0 Å². The van der Waals surface area contributed by atoms with Gasteiger partial charge in [0.25, 0.3) is 0 Å².